The fourth-order valence-corrected chi connectivity index (χ4v) is 0.565. The van der Waals surface area contributed by atoms with E-state index >= 15 is 0 Å². The zero-order valence-corrected chi connectivity index (χ0v) is 6.79. The van der Waals surface area contributed by atoms with Crippen molar-refractivity contribution in [2.75, 3.05) is 0 Å². The molecule has 0 saturated heterocycles. The third kappa shape index (κ3) is 2.49. The summed E-state index contributed by atoms with van der Waals surface area (Å²) in [6, 6.07) is 0. The van der Waals surface area contributed by atoms with Gasteiger partial charge in [-0.15, -0.1) is 4.91 Å². The van der Waals surface area contributed by atoms with Crippen LogP contribution in [0.25, 0.3) is 0 Å². The maximum atomic E-state index is 10.6. The summed E-state index contributed by atoms with van der Waals surface area (Å²) in [6.07, 6.45) is 0. The molecule has 0 aliphatic rings. The van der Waals surface area contributed by atoms with Crippen LogP contribution in [0.2, 0.25) is 0 Å². The first kappa shape index (κ1) is 9.81. The van der Waals surface area contributed by atoms with E-state index in [2.05, 4.69) is 5.18 Å². The topological polar surface area (TPSA) is 66.7 Å². The lowest BCUT2D eigenvalue weighted by molar-refractivity contribution is -0.113. The van der Waals surface area contributed by atoms with Gasteiger partial charge >= 0.3 is 0 Å². The maximum Gasteiger partial charge on any atom is 0.188 e. The van der Waals surface area contributed by atoms with Gasteiger partial charge in [0.2, 0.25) is 0 Å². The van der Waals surface area contributed by atoms with E-state index in [1.54, 1.807) is 13.8 Å². The quantitative estimate of drug-likeness (QED) is 0.385. The molecule has 11 heavy (non-hydrogen) atoms. The molecule has 0 rings (SSSR count). The van der Waals surface area contributed by atoms with Crippen molar-refractivity contribution in [3.63, 3.8) is 0 Å². The number of carbonyl (C=O) groups is 1. The van der Waals surface area contributed by atoms with Gasteiger partial charge < -0.3 is 5.11 Å². The van der Waals surface area contributed by atoms with Gasteiger partial charge in [0.1, 0.15) is 5.76 Å². The van der Waals surface area contributed by atoms with Crippen molar-refractivity contribution in [1.29, 1.82) is 0 Å². The predicted octanol–water partition coefficient (Wildman–Crippen LogP) is 1.77. The first-order chi connectivity index (χ1) is 5.00. The number of aliphatic hydroxyl groups is 1. The van der Waals surface area contributed by atoms with E-state index in [4.69, 9.17) is 5.11 Å². The first-order valence-corrected chi connectivity index (χ1v) is 3.28. The number of hydrogen-bond acceptors (Lipinski definition) is 4. The van der Waals surface area contributed by atoms with Crippen molar-refractivity contribution in [2.45, 2.75) is 20.8 Å². The molecule has 0 aliphatic carbocycles. The zero-order chi connectivity index (χ0) is 9.02. The van der Waals surface area contributed by atoms with Gasteiger partial charge in [-0.05, 0) is 5.18 Å². The van der Waals surface area contributed by atoms with E-state index in [9.17, 15) is 9.70 Å². The Morgan fingerprint density at radius 1 is 1.45 bits per heavy atom. The van der Waals surface area contributed by atoms with Crippen LogP contribution in [0, 0.1) is 10.8 Å². The lowest BCUT2D eigenvalue weighted by Crippen LogP contribution is -2.03. The van der Waals surface area contributed by atoms with Crippen molar-refractivity contribution < 1.29 is 9.90 Å². The van der Waals surface area contributed by atoms with Gasteiger partial charge in [-0.25, -0.2) is 0 Å². The van der Waals surface area contributed by atoms with Crippen molar-refractivity contribution in [1.82, 2.24) is 0 Å². The van der Waals surface area contributed by atoms with Gasteiger partial charge in [0, 0.05) is 12.8 Å². The molecule has 0 amide bonds. The average Bonchev–Trinajstić information content (AvgIpc) is 1.88. The second-order valence-electron chi connectivity index (χ2n) is 2.54. The third-order valence-electron chi connectivity index (χ3n) is 1.21. The highest BCUT2D eigenvalue weighted by Gasteiger charge is 2.13. The van der Waals surface area contributed by atoms with Crippen molar-refractivity contribution in [3.05, 3.63) is 16.4 Å². The minimum Gasteiger partial charge on any atom is -0.510 e. The van der Waals surface area contributed by atoms with Crippen LogP contribution in [0.15, 0.2) is 16.6 Å². The van der Waals surface area contributed by atoms with Crippen LogP contribution in [0.3, 0.4) is 0 Å². The fraction of sp³-hybridized carbons (Fsp3) is 0.571. The summed E-state index contributed by atoms with van der Waals surface area (Å²) in [7, 11) is 0. The summed E-state index contributed by atoms with van der Waals surface area (Å²) in [4.78, 5) is 20.6. The van der Waals surface area contributed by atoms with Gasteiger partial charge in [-0.3, -0.25) is 4.79 Å². The molecule has 0 unspecified atom stereocenters. The number of hydrogen-bond donors (Lipinski definition) is 1. The van der Waals surface area contributed by atoms with Gasteiger partial charge in [-0.2, -0.15) is 0 Å². The lowest BCUT2D eigenvalue weighted by Gasteiger charge is -2.03. The Balaban J connectivity index is 4.83. The highest BCUT2D eigenvalue weighted by Crippen LogP contribution is 2.12. The summed E-state index contributed by atoms with van der Waals surface area (Å²) in [5.41, 5.74) is -0.375. The number of nitroso groups, excluding NO2 is 1. The van der Waals surface area contributed by atoms with Crippen LogP contribution in [-0.4, -0.2) is 10.9 Å². The average molecular weight is 157 g/mol. The van der Waals surface area contributed by atoms with Crippen LogP contribution >= 0.6 is 0 Å². The van der Waals surface area contributed by atoms with Crippen LogP contribution < -0.4 is 0 Å². The molecule has 0 spiro atoms. The molecule has 0 saturated carbocycles. The lowest BCUT2D eigenvalue weighted by atomic mass is 10.1. The molecule has 0 aliphatic heterocycles. The molecule has 0 atom stereocenters. The fourth-order valence-electron chi connectivity index (χ4n) is 0.565. The van der Waals surface area contributed by atoms with Crippen LogP contribution in [-0.2, 0) is 4.79 Å². The van der Waals surface area contributed by atoms with Gasteiger partial charge in [0.25, 0.3) is 0 Å². The molecule has 4 heteroatoms. The Kier molecular flexibility index (Phi) is 3.44. The number of aliphatic hydroxyl groups excluding tert-OH is 1. The molecule has 0 bridgehead atoms. The number of ketones is 1. The monoisotopic (exact) mass is 157 g/mol. The Hall–Kier alpha value is -1.19. The van der Waals surface area contributed by atoms with Crippen LogP contribution in [0.5, 0.6) is 0 Å². The molecule has 0 radical (unpaired) electrons. The molecule has 62 valence electrons. The zero-order valence-electron chi connectivity index (χ0n) is 6.79. The number of carbonyl (C=O) groups excluding carboxylic acids is 1. The van der Waals surface area contributed by atoms with Crippen LogP contribution in [0.1, 0.15) is 20.8 Å². The highest BCUT2D eigenvalue weighted by atomic mass is 16.3. The Labute approximate surface area is 64.9 Å². The van der Waals surface area contributed by atoms with E-state index in [1.807, 2.05) is 0 Å². The minimum atomic E-state index is -0.508. The molecule has 0 aromatic heterocycles. The predicted molar refractivity (Wildman–Crippen MR) is 41.0 cm³/mol. The van der Waals surface area contributed by atoms with Crippen molar-refractivity contribution in [3.8, 4) is 0 Å². The molecule has 0 heterocycles. The maximum absolute atomic E-state index is 10.6. The first-order valence-electron chi connectivity index (χ1n) is 3.28. The SMILES string of the molecule is CC(=O)/C(N=O)=C(\O)C(C)C. The third-order valence-corrected chi connectivity index (χ3v) is 1.21. The molecular formula is C7H11NO3. The summed E-state index contributed by atoms with van der Waals surface area (Å²) < 4.78 is 0. The normalized spacial score (nSPS) is 12.7. The van der Waals surface area contributed by atoms with E-state index < -0.39 is 5.78 Å². The summed E-state index contributed by atoms with van der Waals surface area (Å²) in [5, 5.41) is 11.6. The largest absolute Gasteiger partial charge is 0.510 e. The number of Topliss-reactive ketones (excluding diaryl/α,β-unsaturated/α-hetero) is 1. The summed E-state index contributed by atoms with van der Waals surface area (Å²) in [6.45, 7) is 4.53. The second-order valence-corrected chi connectivity index (χ2v) is 2.54. The van der Waals surface area contributed by atoms with E-state index in [0.29, 0.717) is 0 Å². The smallest absolute Gasteiger partial charge is 0.188 e. The molecule has 0 aromatic rings. The van der Waals surface area contributed by atoms with Crippen molar-refractivity contribution >= 4 is 5.78 Å². The molecule has 1 N–H and O–H groups in total. The second kappa shape index (κ2) is 3.85. The highest BCUT2D eigenvalue weighted by molar-refractivity contribution is 5.93. The minimum absolute atomic E-state index is 0.243. The molecule has 4 nitrogen and oxygen atoms in total. The van der Waals surface area contributed by atoms with Crippen molar-refractivity contribution in [2.24, 2.45) is 11.1 Å². The molecule has 0 aromatic carbocycles. The molecular weight excluding hydrogens is 146 g/mol. The van der Waals surface area contributed by atoms with E-state index in [1.165, 1.54) is 6.92 Å². The standard InChI is InChI=1S/C7H11NO3/c1-4(2)7(10)6(8-11)5(3)9/h4,10H,1-3H3/b7-6+. The van der Waals surface area contributed by atoms with Gasteiger partial charge in [0.15, 0.2) is 11.5 Å². The van der Waals surface area contributed by atoms with E-state index in [-0.39, 0.29) is 17.4 Å². The Bertz CT molecular complexity index is 206. The summed E-state index contributed by atoms with van der Waals surface area (Å²) >= 11 is 0. The Morgan fingerprint density at radius 2 is 1.91 bits per heavy atom. The summed E-state index contributed by atoms with van der Waals surface area (Å²) in [5.74, 6) is -0.995. The number of rotatable bonds is 3. The van der Waals surface area contributed by atoms with Gasteiger partial charge in [0.05, 0.1) is 0 Å². The molecule has 0 fully saturated rings. The number of nitrogens with zero attached hydrogens (tertiary/aromatic N) is 1. The Morgan fingerprint density at radius 3 is 2.00 bits per heavy atom. The van der Waals surface area contributed by atoms with E-state index in [0.717, 1.165) is 0 Å². The van der Waals surface area contributed by atoms with Crippen LogP contribution in [0.4, 0.5) is 0 Å². The number of allylic oxidation sites excluding steroid dienone is 2. The van der Waals surface area contributed by atoms with Gasteiger partial charge in [-0.1, -0.05) is 13.8 Å².